The monoisotopic (exact) mass is 584 g/mol. The molecule has 4 heterocycles. The summed E-state index contributed by atoms with van der Waals surface area (Å²) in [6, 6.07) is 17.1. The van der Waals surface area contributed by atoms with Crippen LogP contribution < -0.4 is 10.1 Å². The van der Waals surface area contributed by atoms with Crippen LogP contribution in [-0.2, 0) is 13.1 Å². The lowest BCUT2D eigenvalue weighted by Crippen LogP contribution is -2.34. The summed E-state index contributed by atoms with van der Waals surface area (Å²) < 4.78 is 13.4. The predicted octanol–water partition coefficient (Wildman–Crippen LogP) is 5.95. The summed E-state index contributed by atoms with van der Waals surface area (Å²) in [6.45, 7) is 4.09. The first kappa shape index (κ1) is 27.9. The van der Waals surface area contributed by atoms with E-state index in [-0.39, 0.29) is 11.8 Å². The molecule has 1 aliphatic heterocycles. The van der Waals surface area contributed by atoms with Gasteiger partial charge in [0.15, 0.2) is 0 Å². The van der Waals surface area contributed by atoms with Gasteiger partial charge in [0.1, 0.15) is 5.75 Å². The van der Waals surface area contributed by atoms with E-state index in [1.54, 1.807) is 19.5 Å². The van der Waals surface area contributed by atoms with E-state index in [0.717, 1.165) is 73.2 Å². The summed E-state index contributed by atoms with van der Waals surface area (Å²) in [6.07, 6.45) is 8.32. The molecule has 2 aromatic carbocycles. The number of nitrogens with one attached hydrogen (secondary N) is 1. The standard InChI is InChI=1S/C32H33ClN6O3/c1-41-28-8-3-7-26-27(31(40)35-20-22-5-2-6-25(33)19-22)21-39(29(26)28)16-4-15-38-17-11-24(12-18-38)32-36-30(37-42-32)23-9-13-34-14-10-23/h2-3,5-10,13-14,19,21,24H,4,11-12,15-18,20H2,1H3,(H,35,40). The lowest BCUT2D eigenvalue weighted by atomic mass is 9.96. The smallest absolute Gasteiger partial charge is 0.253 e. The second-order valence-electron chi connectivity index (χ2n) is 10.6. The van der Waals surface area contributed by atoms with Crippen molar-refractivity contribution in [2.45, 2.75) is 38.3 Å². The summed E-state index contributed by atoms with van der Waals surface area (Å²) in [7, 11) is 1.67. The van der Waals surface area contributed by atoms with Gasteiger partial charge in [-0.25, -0.2) is 0 Å². The molecule has 0 atom stereocenters. The van der Waals surface area contributed by atoms with Crippen molar-refractivity contribution in [2.75, 3.05) is 26.7 Å². The number of benzene rings is 2. The van der Waals surface area contributed by atoms with E-state index in [0.29, 0.717) is 28.8 Å². The van der Waals surface area contributed by atoms with Gasteiger partial charge in [-0.3, -0.25) is 9.78 Å². The van der Waals surface area contributed by atoms with Gasteiger partial charge in [0, 0.05) is 53.6 Å². The minimum absolute atomic E-state index is 0.123. The maximum absolute atomic E-state index is 13.3. The van der Waals surface area contributed by atoms with Crippen molar-refractivity contribution in [2.24, 2.45) is 0 Å². The van der Waals surface area contributed by atoms with E-state index < -0.39 is 0 Å². The van der Waals surface area contributed by atoms with Crippen molar-refractivity contribution < 1.29 is 14.1 Å². The molecule has 0 radical (unpaired) electrons. The van der Waals surface area contributed by atoms with Gasteiger partial charge in [-0.05, 0) is 74.8 Å². The first-order valence-corrected chi connectivity index (χ1v) is 14.6. The van der Waals surface area contributed by atoms with Crippen molar-refractivity contribution >= 4 is 28.4 Å². The van der Waals surface area contributed by atoms with Crippen molar-refractivity contribution in [1.82, 2.24) is 29.9 Å². The van der Waals surface area contributed by atoms with Gasteiger partial charge in [0.25, 0.3) is 5.91 Å². The number of piperidine rings is 1. The Morgan fingerprint density at radius 2 is 1.90 bits per heavy atom. The van der Waals surface area contributed by atoms with Crippen LogP contribution in [0.1, 0.15) is 47.0 Å². The summed E-state index contributed by atoms with van der Waals surface area (Å²) >= 11 is 6.11. The Labute approximate surface area is 249 Å². The second-order valence-corrected chi connectivity index (χ2v) is 11.0. The highest BCUT2D eigenvalue weighted by molar-refractivity contribution is 6.30. The number of halogens is 1. The number of hydrogen-bond acceptors (Lipinski definition) is 7. The number of amides is 1. The minimum Gasteiger partial charge on any atom is -0.495 e. The molecule has 0 aliphatic carbocycles. The number of aryl methyl sites for hydroxylation is 1. The lowest BCUT2D eigenvalue weighted by molar-refractivity contribution is 0.0952. The van der Waals surface area contributed by atoms with Crippen molar-refractivity contribution in [1.29, 1.82) is 0 Å². The first-order chi connectivity index (χ1) is 20.6. The number of likely N-dealkylation sites (tertiary alicyclic amines) is 1. The minimum atomic E-state index is -0.123. The maximum Gasteiger partial charge on any atom is 0.253 e. The lowest BCUT2D eigenvalue weighted by Gasteiger charge is -2.30. The fourth-order valence-electron chi connectivity index (χ4n) is 5.66. The van der Waals surface area contributed by atoms with E-state index in [2.05, 4.69) is 29.9 Å². The summed E-state index contributed by atoms with van der Waals surface area (Å²) in [4.78, 5) is 24.4. The van der Waals surface area contributed by atoms with Crippen LogP contribution in [0, 0.1) is 0 Å². The highest BCUT2D eigenvalue weighted by Crippen LogP contribution is 2.31. The van der Waals surface area contributed by atoms with Crippen LogP contribution in [0.25, 0.3) is 22.3 Å². The van der Waals surface area contributed by atoms with E-state index in [1.807, 2.05) is 60.8 Å². The third-order valence-electron chi connectivity index (χ3n) is 7.86. The van der Waals surface area contributed by atoms with Crippen LogP contribution in [0.2, 0.25) is 5.02 Å². The third kappa shape index (κ3) is 6.17. The number of methoxy groups -OCH3 is 1. The highest BCUT2D eigenvalue weighted by Gasteiger charge is 2.25. The molecular weight excluding hydrogens is 552 g/mol. The van der Waals surface area contributed by atoms with Gasteiger partial charge in [-0.1, -0.05) is 41.0 Å². The molecule has 216 valence electrons. The Bertz CT molecular complexity index is 1660. The van der Waals surface area contributed by atoms with E-state index in [9.17, 15) is 4.79 Å². The number of fused-ring (bicyclic) bond motifs is 1. The van der Waals surface area contributed by atoms with E-state index in [4.69, 9.17) is 20.9 Å². The number of carbonyl (C=O) groups is 1. The number of para-hydroxylation sites is 1. The van der Waals surface area contributed by atoms with E-state index >= 15 is 0 Å². The summed E-state index contributed by atoms with van der Waals surface area (Å²) in [5.41, 5.74) is 3.44. The van der Waals surface area contributed by atoms with Gasteiger partial charge in [-0.2, -0.15) is 4.98 Å². The van der Waals surface area contributed by atoms with Crippen molar-refractivity contribution in [3.8, 4) is 17.1 Å². The molecule has 0 saturated carbocycles. The fraction of sp³-hybridized carbons (Fsp3) is 0.312. The number of nitrogens with zero attached hydrogens (tertiary/aromatic N) is 5. The molecule has 0 unspecified atom stereocenters. The number of aromatic nitrogens is 4. The predicted molar refractivity (Wildman–Crippen MR) is 162 cm³/mol. The van der Waals surface area contributed by atoms with Gasteiger partial charge in [0.05, 0.1) is 18.2 Å². The molecule has 0 spiro atoms. The zero-order valence-electron chi connectivity index (χ0n) is 23.5. The first-order valence-electron chi connectivity index (χ1n) is 14.2. The molecule has 1 amide bonds. The Morgan fingerprint density at radius 3 is 2.69 bits per heavy atom. The molecule has 9 nitrogen and oxygen atoms in total. The molecular formula is C32H33ClN6O3. The van der Waals surface area contributed by atoms with Crippen molar-refractivity contribution in [3.05, 3.63) is 95.2 Å². The number of hydrogen-bond donors (Lipinski definition) is 1. The zero-order chi connectivity index (χ0) is 28.9. The number of rotatable bonds is 10. The Hall–Kier alpha value is -4.21. The molecule has 1 N–H and O–H groups in total. The van der Waals surface area contributed by atoms with Crippen LogP contribution in [0.5, 0.6) is 5.75 Å². The molecule has 0 bridgehead atoms. The SMILES string of the molecule is COc1cccc2c(C(=O)NCc3cccc(Cl)c3)cn(CCCN3CCC(c4nc(-c5ccncc5)no4)CC3)c12. The molecule has 1 aliphatic rings. The molecule has 5 aromatic rings. The molecule has 3 aromatic heterocycles. The van der Waals surface area contributed by atoms with Crippen molar-refractivity contribution in [3.63, 3.8) is 0 Å². The summed E-state index contributed by atoms with van der Waals surface area (Å²) in [5, 5.41) is 8.74. The number of pyridine rings is 1. The Balaban J connectivity index is 1.06. The Kier molecular flexibility index (Phi) is 8.48. The summed E-state index contributed by atoms with van der Waals surface area (Å²) in [5.74, 6) is 2.24. The van der Waals surface area contributed by atoms with Gasteiger partial charge in [-0.15, -0.1) is 0 Å². The number of ether oxygens (including phenoxy) is 1. The largest absolute Gasteiger partial charge is 0.495 e. The average molecular weight is 585 g/mol. The van der Waals surface area contributed by atoms with E-state index in [1.165, 1.54) is 0 Å². The molecule has 1 saturated heterocycles. The molecule has 10 heteroatoms. The molecule has 42 heavy (non-hydrogen) atoms. The second kappa shape index (κ2) is 12.8. The van der Waals surface area contributed by atoms with Crippen LogP contribution >= 0.6 is 11.6 Å². The maximum atomic E-state index is 13.3. The van der Waals surface area contributed by atoms with Crippen LogP contribution in [0.15, 0.2) is 77.7 Å². The van der Waals surface area contributed by atoms with Gasteiger partial charge < -0.3 is 24.0 Å². The molecule has 1 fully saturated rings. The normalized spacial score (nSPS) is 14.3. The van der Waals surface area contributed by atoms with Crippen LogP contribution in [0.3, 0.4) is 0 Å². The van der Waals surface area contributed by atoms with Gasteiger partial charge >= 0.3 is 0 Å². The Morgan fingerprint density at radius 1 is 1.10 bits per heavy atom. The highest BCUT2D eigenvalue weighted by atomic mass is 35.5. The topological polar surface area (TPSA) is 98.3 Å². The number of carbonyl (C=O) groups excluding carboxylic acids is 1. The zero-order valence-corrected chi connectivity index (χ0v) is 24.3. The average Bonchev–Trinajstić information content (AvgIpc) is 3.67. The van der Waals surface area contributed by atoms with Crippen LogP contribution in [-0.4, -0.2) is 57.2 Å². The fourth-order valence-corrected chi connectivity index (χ4v) is 5.87. The quantitative estimate of drug-likeness (QED) is 0.217. The third-order valence-corrected chi connectivity index (χ3v) is 8.09. The van der Waals surface area contributed by atoms with Gasteiger partial charge in [0.2, 0.25) is 11.7 Å². The van der Waals surface area contributed by atoms with Crippen LogP contribution in [0.4, 0.5) is 0 Å². The molecule has 6 rings (SSSR count).